The molecule has 3 rings (SSSR count). The molecular formula is C23H28BClFN3O2. The number of benzene rings is 2. The van der Waals surface area contributed by atoms with Crippen LogP contribution in [-0.2, 0) is 4.84 Å². The summed E-state index contributed by atoms with van der Waals surface area (Å²) in [6.45, 7) is 9.90. The Morgan fingerprint density at radius 2 is 2.13 bits per heavy atom. The normalized spacial score (nSPS) is 13.2. The average molecular weight is 444 g/mol. The fourth-order valence-corrected chi connectivity index (χ4v) is 3.60. The Labute approximate surface area is 189 Å². The molecule has 2 aromatic rings. The van der Waals surface area contributed by atoms with Crippen LogP contribution in [0, 0.1) is 18.7 Å². The van der Waals surface area contributed by atoms with E-state index in [1.54, 1.807) is 31.3 Å². The van der Waals surface area contributed by atoms with E-state index in [0.717, 1.165) is 18.3 Å². The molecule has 0 atom stereocenters. The number of carbonyl (C=O) groups is 1. The van der Waals surface area contributed by atoms with Crippen molar-refractivity contribution >= 4 is 47.9 Å². The lowest BCUT2D eigenvalue weighted by atomic mass is 9.96. The third-order valence-corrected chi connectivity index (χ3v) is 5.64. The van der Waals surface area contributed by atoms with Crippen molar-refractivity contribution in [1.29, 1.82) is 0 Å². The summed E-state index contributed by atoms with van der Waals surface area (Å²) in [5.41, 5.74) is 5.08. The molecule has 1 saturated carbocycles. The molecule has 8 heteroatoms. The fraction of sp³-hybridized carbons (Fsp3) is 0.348. The maximum atomic E-state index is 15.6. The Bertz CT molecular complexity index is 995. The van der Waals surface area contributed by atoms with Gasteiger partial charge >= 0.3 is 0 Å². The fourth-order valence-electron chi connectivity index (χ4n) is 3.31. The van der Waals surface area contributed by atoms with E-state index in [4.69, 9.17) is 16.4 Å². The number of nitrogens with one attached hydrogen (secondary N) is 2. The summed E-state index contributed by atoms with van der Waals surface area (Å²) in [4.78, 5) is 20.1. The van der Waals surface area contributed by atoms with Crippen molar-refractivity contribution < 1.29 is 14.0 Å². The Hall–Kier alpha value is -2.51. The first-order chi connectivity index (χ1) is 14.7. The summed E-state index contributed by atoms with van der Waals surface area (Å²) in [6, 6.07) is 7.09. The van der Waals surface area contributed by atoms with E-state index in [-0.39, 0.29) is 17.3 Å². The first kappa shape index (κ1) is 23.2. The number of hydrogen-bond acceptors (Lipinski definition) is 4. The zero-order valence-corrected chi connectivity index (χ0v) is 19.1. The molecule has 31 heavy (non-hydrogen) atoms. The smallest absolute Gasteiger partial charge is 0.277 e. The van der Waals surface area contributed by atoms with E-state index in [0.29, 0.717) is 34.5 Å². The molecule has 1 fully saturated rings. The molecule has 1 aliphatic carbocycles. The van der Waals surface area contributed by atoms with Crippen LogP contribution in [0.5, 0.6) is 0 Å². The average Bonchev–Trinajstić information content (AvgIpc) is 3.53. The van der Waals surface area contributed by atoms with Gasteiger partial charge in [-0.15, -0.1) is 0 Å². The molecular weight excluding hydrogens is 416 g/mol. The van der Waals surface area contributed by atoms with Gasteiger partial charge in [-0.1, -0.05) is 29.7 Å². The molecule has 0 aromatic heterocycles. The van der Waals surface area contributed by atoms with Crippen molar-refractivity contribution in [2.24, 2.45) is 5.92 Å². The first-order valence-electron chi connectivity index (χ1n) is 10.4. The summed E-state index contributed by atoms with van der Waals surface area (Å²) in [5.74, 6) is -0.583. The van der Waals surface area contributed by atoms with Gasteiger partial charge in [-0.3, -0.25) is 9.63 Å². The topological polar surface area (TPSA) is 53.6 Å². The zero-order valence-electron chi connectivity index (χ0n) is 18.4. The minimum Gasteiger partial charge on any atom is -0.351 e. The van der Waals surface area contributed by atoms with Gasteiger partial charge in [0.25, 0.3) is 5.91 Å². The number of anilines is 3. The quantitative estimate of drug-likeness (QED) is 0.450. The van der Waals surface area contributed by atoms with Crippen molar-refractivity contribution in [1.82, 2.24) is 5.48 Å². The number of amides is 1. The van der Waals surface area contributed by atoms with E-state index in [1.165, 1.54) is 0 Å². The highest BCUT2D eigenvalue weighted by atomic mass is 35.5. The van der Waals surface area contributed by atoms with Crippen molar-refractivity contribution in [2.45, 2.75) is 39.7 Å². The molecule has 2 aromatic carbocycles. The largest absolute Gasteiger partial charge is 0.351 e. The zero-order chi connectivity index (χ0) is 22.7. The van der Waals surface area contributed by atoms with Crippen LogP contribution in [0.15, 0.2) is 37.0 Å². The minimum absolute atomic E-state index is 0.0305. The first-order valence-corrected chi connectivity index (χ1v) is 10.8. The molecule has 0 unspecified atom stereocenters. The van der Waals surface area contributed by atoms with Gasteiger partial charge in [0.1, 0.15) is 7.85 Å². The number of halogens is 2. The van der Waals surface area contributed by atoms with E-state index < -0.39 is 11.7 Å². The standard InChI is InChI=1S/C23H28BClFN3O2/c1-5-29(13(2)3)20-11-17(23(30)28-31-12-15-6-7-15)22(21(26)14(20)4)27-19-9-8-16(24)10-18(19)25/h5,8-11,13,15,27H,1,6-7,12,24H2,2-4H3,(H,28,30). The SMILES string of the molecule is Bc1ccc(Nc2c(C(=O)NOCC3CC3)cc(N(C=C)C(C)C)c(C)c2F)c(Cl)c1. The molecule has 0 bridgehead atoms. The monoisotopic (exact) mass is 443 g/mol. The maximum absolute atomic E-state index is 15.6. The van der Waals surface area contributed by atoms with Gasteiger partial charge in [0.2, 0.25) is 0 Å². The van der Waals surface area contributed by atoms with Gasteiger partial charge in [-0.05, 0) is 63.9 Å². The number of hydroxylamine groups is 1. The summed E-state index contributed by atoms with van der Waals surface area (Å²) < 4.78 is 15.6. The van der Waals surface area contributed by atoms with Crippen molar-refractivity contribution in [3.63, 3.8) is 0 Å². The van der Waals surface area contributed by atoms with Gasteiger partial charge < -0.3 is 10.2 Å². The highest BCUT2D eigenvalue weighted by molar-refractivity contribution is 6.37. The maximum Gasteiger partial charge on any atom is 0.277 e. The molecule has 5 nitrogen and oxygen atoms in total. The van der Waals surface area contributed by atoms with Crippen LogP contribution in [0.4, 0.5) is 21.5 Å². The van der Waals surface area contributed by atoms with Crippen molar-refractivity contribution in [3.05, 3.63) is 59.0 Å². The lowest BCUT2D eigenvalue weighted by Gasteiger charge is -2.28. The van der Waals surface area contributed by atoms with E-state index in [2.05, 4.69) is 17.4 Å². The van der Waals surface area contributed by atoms with E-state index in [9.17, 15) is 4.79 Å². The highest BCUT2D eigenvalue weighted by Gasteiger charge is 2.25. The van der Waals surface area contributed by atoms with Crippen LogP contribution in [0.3, 0.4) is 0 Å². The number of nitrogens with zero attached hydrogens (tertiary/aromatic N) is 1. The molecule has 2 N–H and O–H groups in total. The molecule has 0 heterocycles. The van der Waals surface area contributed by atoms with Crippen LogP contribution in [0.2, 0.25) is 5.02 Å². The second-order valence-electron chi connectivity index (χ2n) is 8.23. The second kappa shape index (κ2) is 9.75. The predicted octanol–water partition coefficient (Wildman–Crippen LogP) is 4.22. The number of carbonyl (C=O) groups excluding carboxylic acids is 1. The Morgan fingerprint density at radius 1 is 1.42 bits per heavy atom. The van der Waals surface area contributed by atoms with Crippen LogP contribution in [0.1, 0.15) is 42.6 Å². The third-order valence-electron chi connectivity index (χ3n) is 5.32. The van der Waals surface area contributed by atoms with Gasteiger partial charge in [-0.2, -0.15) is 0 Å². The molecule has 0 radical (unpaired) electrons. The van der Waals surface area contributed by atoms with E-state index >= 15 is 4.39 Å². The lowest BCUT2D eigenvalue weighted by Crippen LogP contribution is -2.29. The van der Waals surface area contributed by atoms with E-state index in [1.807, 2.05) is 32.7 Å². The van der Waals surface area contributed by atoms with Crippen LogP contribution >= 0.6 is 11.6 Å². The molecule has 0 aliphatic heterocycles. The Morgan fingerprint density at radius 3 is 2.71 bits per heavy atom. The molecule has 0 spiro atoms. The van der Waals surface area contributed by atoms with Crippen LogP contribution < -0.4 is 21.2 Å². The summed E-state index contributed by atoms with van der Waals surface area (Å²) >= 11 is 6.34. The van der Waals surface area contributed by atoms with Gasteiger partial charge in [0.15, 0.2) is 5.82 Å². The van der Waals surface area contributed by atoms with Crippen molar-refractivity contribution in [2.75, 3.05) is 16.8 Å². The van der Waals surface area contributed by atoms with Crippen molar-refractivity contribution in [3.8, 4) is 0 Å². The number of hydrogen-bond donors (Lipinski definition) is 2. The molecule has 1 aliphatic rings. The summed E-state index contributed by atoms with van der Waals surface area (Å²) in [5, 5.41) is 3.45. The summed E-state index contributed by atoms with van der Waals surface area (Å²) in [7, 11) is 1.92. The van der Waals surface area contributed by atoms with Gasteiger partial charge in [-0.25, -0.2) is 9.87 Å². The Balaban J connectivity index is 2.04. The molecule has 1 amide bonds. The molecule has 0 saturated heterocycles. The van der Waals surface area contributed by atoms with Crippen LogP contribution in [-0.4, -0.2) is 26.4 Å². The molecule has 164 valence electrons. The van der Waals surface area contributed by atoms with Gasteiger partial charge in [0, 0.05) is 17.3 Å². The number of rotatable bonds is 9. The van der Waals surface area contributed by atoms with Crippen LogP contribution in [0.25, 0.3) is 0 Å². The third kappa shape index (κ3) is 5.41. The predicted molar refractivity (Wildman–Crippen MR) is 128 cm³/mol. The Kier molecular flexibility index (Phi) is 7.28. The van der Waals surface area contributed by atoms with Gasteiger partial charge in [0.05, 0.1) is 28.6 Å². The minimum atomic E-state index is -0.533. The second-order valence-corrected chi connectivity index (χ2v) is 8.64. The summed E-state index contributed by atoms with van der Waals surface area (Å²) in [6.07, 6.45) is 3.82. The highest BCUT2D eigenvalue weighted by Crippen LogP contribution is 2.36. The lowest BCUT2D eigenvalue weighted by molar-refractivity contribution is 0.0271.